The largest absolute Gasteiger partial charge is 0.481 e. The van der Waals surface area contributed by atoms with Crippen molar-refractivity contribution in [3.8, 4) is 0 Å². The summed E-state index contributed by atoms with van der Waals surface area (Å²) < 4.78 is 4.58. The van der Waals surface area contributed by atoms with Crippen LogP contribution in [0.15, 0.2) is 12.0 Å². The van der Waals surface area contributed by atoms with Gasteiger partial charge < -0.3 is 9.84 Å². The minimum Gasteiger partial charge on any atom is -0.481 e. The highest BCUT2D eigenvalue weighted by molar-refractivity contribution is 4.85. The van der Waals surface area contributed by atoms with Gasteiger partial charge in [0.2, 0.25) is 0 Å². The molecule has 0 spiro atoms. The number of hydrogen-bond donors (Lipinski definition) is 1. The summed E-state index contributed by atoms with van der Waals surface area (Å²) in [7, 11) is 1.46. The topological polar surface area (TPSA) is 29.5 Å². The van der Waals surface area contributed by atoms with Gasteiger partial charge in [-0.15, -0.1) is 0 Å². The first-order valence-corrected chi connectivity index (χ1v) is 3.65. The van der Waals surface area contributed by atoms with Gasteiger partial charge in [-0.3, -0.25) is 0 Å². The Morgan fingerprint density at radius 3 is 2.70 bits per heavy atom. The van der Waals surface area contributed by atoms with E-state index in [1.165, 1.54) is 7.11 Å². The summed E-state index contributed by atoms with van der Waals surface area (Å²) in [5.74, 6) is 0.436. The number of allylic oxidation sites excluding steroid dienone is 1. The van der Waals surface area contributed by atoms with Gasteiger partial charge >= 0.3 is 0 Å². The average molecular weight is 144 g/mol. The van der Waals surface area contributed by atoms with Gasteiger partial charge in [-0.2, -0.15) is 0 Å². The molecule has 0 aromatic rings. The molecule has 1 N–H and O–H groups in total. The molecule has 0 rings (SSSR count). The molecule has 0 aliphatic carbocycles. The lowest BCUT2D eigenvalue weighted by Gasteiger charge is -2.03. The second-order valence-corrected chi connectivity index (χ2v) is 2.47. The molecule has 0 heterocycles. The van der Waals surface area contributed by atoms with E-state index in [-0.39, 0.29) is 5.95 Å². The van der Waals surface area contributed by atoms with Crippen molar-refractivity contribution in [3.05, 3.63) is 12.0 Å². The van der Waals surface area contributed by atoms with E-state index in [1.54, 1.807) is 6.08 Å². The van der Waals surface area contributed by atoms with Crippen LogP contribution < -0.4 is 0 Å². The van der Waals surface area contributed by atoms with E-state index in [2.05, 4.69) is 18.6 Å². The fraction of sp³-hybridized carbons (Fsp3) is 0.750. The second kappa shape index (κ2) is 5.15. The minimum atomic E-state index is 0.0287. The van der Waals surface area contributed by atoms with Crippen LogP contribution in [0.25, 0.3) is 0 Å². The van der Waals surface area contributed by atoms with Gasteiger partial charge in [0.25, 0.3) is 5.95 Å². The van der Waals surface area contributed by atoms with Crippen LogP contribution >= 0.6 is 0 Å². The van der Waals surface area contributed by atoms with Crippen molar-refractivity contribution >= 4 is 0 Å². The van der Waals surface area contributed by atoms with Crippen molar-refractivity contribution in [1.82, 2.24) is 0 Å². The summed E-state index contributed by atoms with van der Waals surface area (Å²) in [6.45, 7) is 4.17. The van der Waals surface area contributed by atoms with E-state index in [4.69, 9.17) is 5.11 Å². The molecule has 2 heteroatoms. The number of aliphatic hydroxyl groups is 1. The Hall–Kier alpha value is -0.660. The van der Waals surface area contributed by atoms with Crippen molar-refractivity contribution in [2.75, 3.05) is 7.11 Å². The molecule has 0 aliphatic heterocycles. The van der Waals surface area contributed by atoms with Crippen LogP contribution in [-0.4, -0.2) is 12.2 Å². The fourth-order valence-electron chi connectivity index (χ4n) is 0.850. The van der Waals surface area contributed by atoms with E-state index >= 15 is 0 Å². The number of ether oxygens (including phenoxy) is 1. The highest BCUT2D eigenvalue weighted by Crippen LogP contribution is 2.08. The van der Waals surface area contributed by atoms with E-state index in [0.717, 1.165) is 12.8 Å². The predicted molar refractivity (Wildman–Crippen MR) is 41.8 cm³/mol. The van der Waals surface area contributed by atoms with Crippen LogP contribution in [0.3, 0.4) is 0 Å². The lowest BCUT2D eigenvalue weighted by atomic mass is 10.1. The molecule has 0 unspecified atom stereocenters. The highest BCUT2D eigenvalue weighted by atomic mass is 16.6. The van der Waals surface area contributed by atoms with Gasteiger partial charge in [0, 0.05) is 0 Å². The van der Waals surface area contributed by atoms with Crippen molar-refractivity contribution in [2.24, 2.45) is 5.92 Å². The Balaban J connectivity index is 3.62. The number of methoxy groups -OCH3 is 1. The van der Waals surface area contributed by atoms with E-state index in [9.17, 15) is 0 Å². The molecule has 60 valence electrons. The maximum Gasteiger partial charge on any atom is 0.272 e. The molecule has 0 radical (unpaired) electrons. The van der Waals surface area contributed by atoms with Crippen molar-refractivity contribution in [1.29, 1.82) is 0 Å². The van der Waals surface area contributed by atoms with Crippen LogP contribution in [0.4, 0.5) is 0 Å². The van der Waals surface area contributed by atoms with Crippen molar-refractivity contribution in [2.45, 2.75) is 26.7 Å². The van der Waals surface area contributed by atoms with Gasteiger partial charge in [-0.05, 0) is 18.4 Å². The van der Waals surface area contributed by atoms with Gasteiger partial charge in [0.05, 0.1) is 7.11 Å². The second-order valence-electron chi connectivity index (χ2n) is 2.47. The third-order valence-corrected chi connectivity index (χ3v) is 1.38. The molecular weight excluding hydrogens is 128 g/mol. The summed E-state index contributed by atoms with van der Waals surface area (Å²) in [4.78, 5) is 0. The SMILES string of the molecule is CCC[C@@H](C)C=C(O)OC. The first-order chi connectivity index (χ1) is 4.70. The first-order valence-electron chi connectivity index (χ1n) is 3.65. The normalized spacial score (nSPS) is 14.9. The molecule has 0 aromatic heterocycles. The summed E-state index contributed by atoms with van der Waals surface area (Å²) in [5, 5.41) is 8.89. The number of hydrogen-bond acceptors (Lipinski definition) is 2. The molecule has 0 fully saturated rings. The van der Waals surface area contributed by atoms with Gasteiger partial charge in [0.1, 0.15) is 0 Å². The molecule has 0 bridgehead atoms. The number of aliphatic hydroxyl groups excluding tert-OH is 1. The Labute approximate surface area is 62.5 Å². The zero-order chi connectivity index (χ0) is 7.98. The summed E-state index contributed by atoms with van der Waals surface area (Å²) in [6.07, 6.45) is 3.95. The summed E-state index contributed by atoms with van der Waals surface area (Å²) >= 11 is 0. The molecular formula is C8H16O2. The quantitative estimate of drug-likeness (QED) is 0.614. The molecule has 1 atom stereocenters. The molecule has 0 saturated carbocycles. The van der Waals surface area contributed by atoms with Crippen LogP contribution in [-0.2, 0) is 4.74 Å². The molecule has 2 nitrogen and oxygen atoms in total. The third kappa shape index (κ3) is 4.24. The van der Waals surface area contributed by atoms with Gasteiger partial charge in [-0.25, -0.2) is 0 Å². The predicted octanol–water partition coefficient (Wildman–Crippen LogP) is 2.47. The molecule has 0 aliphatic rings. The van der Waals surface area contributed by atoms with Crippen LogP contribution in [0.2, 0.25) is 0 Å². The molecule has 0 saturated heterocycles. The number of rotatable bonds is 4. The molecule has 0 amide bonds. The van der Waals surface area contributed by atoms with Crippen LogP contribution in [0.1, 0.15) is 26.7 Å². The van der Waals surface area contributed by atoms with Crippen LogP contribution in [0, 0.1) is 5.92 Å². The zero-order valence-corrected chi connectivity index (χ0v) is 6.92. The highest BCUT2D eigenvalue weighted by Gasteiger charge is 1.97. The lowest BCUT2D eigenvalue weighted by molar-refractivity contribution is 0.132. The standard InChI is InChI=1S/C8H16O2/c1-4-5-7(2)6-8(9)10-3/h6-7,9H,4-5H2,1-3H3/t7-/m1/s1. The third-order valence-electron chi connectivity index (χ3n) is 1.38. The monoisotopic (exact) mass is 144 g/mol. The van der Waals surface area contributed by atoms with Crippen molar-refractivity contribution < 1.29 is 9.84 Å². The van der Waals surface area contributed by atoms with E-state index in [1.807, 2.05) is 0 Å². The van der Waals surface area contributed by atoms with Crippen LogP contribution in [0.5, 0.6) is 0 Å². The average Bonchev–Trinajstić information content (AvgIpc) is 1.88. The van der Waals surface area contributed by atoms with Gasteiger partial charge in [0.15, 0.2) is 0 Å². The van der Waals surface area contributed by atoms with Gasteiger partial charge in [-0.1, -0.05) is 20.3 Å². The van der Waals surface area contributed by atoms with E-state index in [0.29, 0.717) is 5.92 Å². The first kappa shape index (κ1) is 9.34. The Kier molecular flexibility index (Phi) is 4.81. The Morgan fingerprint density at radius 2 is 2.30 bits per heavy atom. The smallest absolute Gasteiger partial charge is 0.272 e. The summed E-state index contributed by atoms with van der Waals surface area (Å²) in [6, 6.07) is 0. The molecule has 10 heavy (non-hydrogen) atoms. The Bertz CT molecular complexity index is 108. The molecule has 0 aromatic carbocycles. The van der Waals surface area contributed by atoms with E-state index < -0.39 is 0 Å². The fourth-order valence-corrected chi connectivity index (χ4v) is 0.850. The summed E-state index contributed by atoms with van der Waals surface area (Å²) in [5.41, 5.74) is 0. The Morgan fingerprint density at radius 1 is 1.70 bits per heavy atom. The maximum absolute atomic E-state index is 8.89. The maximum atomic E-state index is 8.89. The van der Waals surface area contributed by atoms with Crippen molar-refractivity contribution in [3.63, 3.8) is 0 Å². The minimum absolute atomic E-state index is 0.0287. The zero-order valence-electron chi connectivity index (χ0n) is 6.92. The lowest BCUT2D eigenvalue weighted by Crippen LogP contribution is -1.92.